The van der Waals surface area contributed by atoms with Gasteiger partial charge in [-0.2, -0.15) is 0 Å². The van der Waals surface area contributed by atoms with Gasteiger partial charge in [-0.15, -0.1) is 0 Å². The number of rotatable bonds is 5. The van der Waals surface area contributed by atoms with E-state index >= 15 is 0 Å². The van der Waals surface area contributed by atoms with Gasteiger partial charge in [-0.3, -0.25) is 9.59 Å². The number of primary amides is 1. The molecule has 3 aromatic carbocycles. The Morgan fingerprint density at radius 2 is 1.70 bits per heavy atom. The van der Waals surface area contributed by atoms with Crippen molar-refractivity contribution in [1.29, 1.82) is 0 Å². The van der Waals surface area contributed by atoms with E-state index in [1.807, 2.05) is 65.2 Å². The molecule has 4 rings (SSSR count). The highest BCUT2D eigenvalue weighted by atomic mass is 19.1. The smallest absolute Gasteiger partial charge is 0.248 e. The first-order valence-corrected chi connectivity index (χ1v) is 9.47. The van der Waals surface area contributed by atoms with Crippen molar-refractivity contribution >= 4 is 28.4 Å². The molecule has 150 valence electrons. The molecule has 0 atom stereocenters. The molecule has 0 aliphatic rings. The first-order chi connectivity index (χ1) is 14.4. The molecule has 0 radical (unpaired) electrons. The summed E-state index contributed by atoms with van der Waals surface area (Å²) in [7, 11) is 0. The summed E-state index contributed by atoms with van der Waals surface area (Å²) in [5.41, 5.74) is 8.55. The molecule has 3 N–H and O–H groups in total. The molecule has 0 bridgehead atoms. The summed E-state index contributed by atoms with van der Waals surface area (Å²) in [6, 6.07) is 22.1. The fraction of sp³-hybridized carbons (Fsp3) is 0.0833. The van der Waals surface area contributed by atoms with Gasteiger partial charge in [-0.25, -0.2) is 4.39 Å². The fourth-order valence-corrected chi connectivity index (χ4v) is 3.51. The number of carbonyl (C=O) groups is 2. The predicted octanol–water partition coefficient (Wildman–Crippen LogP) is 4.49. The van der Waals surface area contributed by atoms with Crippen molar-refractivity contribution in [2.45, 2.75) is 13.5 Å². The summed E-state index contributed by atoms with van der Waals surface area (Å²) >= 11 is 0. The van der Waals surface area contributed by atoms with Crippen molar-refractivity contribution in [3.63, 3.8) is 0 Å². The Labute approximate surface area is 172 Å². The van der Waals surface area contributed by atoms with Gasteiger partial charge in [0.1, 0.15) is 12.4 Å². The van der Waals surface area contributed by atoms with Crippen LogP contribution in [0.25, 0.3) is 22.2 Å². The van der Waals surface area contributed by atoms with E-state index < -0.39 is 11.7 Å². The Hall–Kier alpha value is -3.93. The number of nitrogens with two attached hydrogens (primary N) is 1. The standard InChI is InChI=1S/C24H20FN3O2/c1-15-19(25)11-18(24(26)30)12-20(15)27-23(29)14-28-21-10-6-5-9-17(21)13-22(28)16-7-3-2-4-8-16/h2-13H,14H2,1H3,(H2,26,30)(H,27,29). The lowest BCUT2D eigenvalue weighted by Gasteiger charge is -2.14. The molecule has 0 saturated heterocycles. The Morgan fingerprint density at radius 3 is 2.43 bits per heavy atom. The molecule has 1 heterocycles. The Kier molecular flexibility index (Phi) is 5.06. The predicted molar refractivity (Wildman–Crippen MR) is 116 cm³/mol. The number of anilines is 1. The van der Waals surface area contributed by atoms with Gasteiger partial charge in [0.05, 0.1) is 0 Å². The highest BCUT2D eigenvalue weighted by molar-refractivity contribution is 5.98. The van der Waals surface area contributed by atoms with Crippen molar-refractivity contribution in [1.82, 2.24) is 4.57 Å². The number of nitrogens with one attached hydrogen (secondary N) is 1. The van der Waals surface area contributed by atoms with Gasteiger partial charge in [0, 0.05) is 33.4 Å². The minimum atomic E-state index is -0.757. The van der Waals surface area contributed by atoms with E-state index in [-0.39, 0.29) is 29.3 Å². The lowest BCUT2D eigenvalue weighted by molar-refractivity contribution is -0.116. The normalized spacial score (nSPS) is 10.9. The molecule has 0 saturated carbocycles. The maximum atomic E-state index is 14.2. The SMILES string of the molecule is Cc1c(F)cc(C(N)=O)cc1NC(=O)Cn1c(-c2ccccc2)cc2ccccc21. The Morgan fingerprint density at radius 1 is 1.00 bits per heavy atom. The number of aromatic nitrogens is 1. The van der Waals surface area contributed by atoms with Gasteiger partial charge in [-0.1, -0.05) is 48.5 Å². The summed E-state index contributed by atoms with van der Waals surface area (Å²) in [6.07, 6.45) is 0. The number of fused-ring (bicyclic) bond motifs is 1. The average Bonchev–Trinajstić information content (AvgIpc) is 3.10. The van der Waals surface area contributed by atoms with Gasteiger partial charge >= 0.3 is 0 Å². The monoisotopic (exact) mass is 401 g/mol. The fourth-order valence-electron chi connectivity index (χ4n) is 3.51. The van der Waals surface area contributed by atoms with E-state index in [2.05, 4.69) is 5.32 Å². The molecular weight excluding hydrogens is 381 g/mol. The number of hydrogen-bond donors (Lipinski definition) is 2. The number of para-hydroxylation sites is 1. The van der Waals surface area contributed by atoms with Crippen LogP contribution in [0.3, 0.4) is 0 Å². The van der Waals surface area contributed by atoms with E-state index in [1.165, 1.54) is 13.0 Å². The van der Waals surface area contributed by atoms with Crippen LogP contribution in [0.5, 0.6) is 0 Å². The van der Waals surface area contributed by atoms with E-state index in [1.54, 1.807) is 0 Å². The number of carbonyl (C=O) groups excluding carboxylic acids is 2. The number of amides is 2. The highest BCUT2D eigenvalue weighted by Gasteiger charge is 2.16. The number of hydrogen-bond acceptors (Lipinski definition) is 2. The second-order valence-electron chi connectivity index (χ2n) is 7.08. The van der Waals surface area contributed by atoms with E-state index in [4.69, 9.17) is 5.73 Å². The molecule has 0 unspecified atom stereocenters. The van der Waals surface area contributed by atoms with Crippen LogP contribution in [-0.2, 0) is 11.3 Å². The summed E-state index contributed by atoms with van der Waals surface area (Å²) in [6.45, 7) is 1.57. The van der Waals surface area contributed by atoms with Gasteiger partial charge in [0.15, 0.2) is 0 Å². The van der Waals surface area contributed by atoms with Crippen LogP contribution in [-0.4, -0.2) is 16.4 Å². The Bertz CT molecular complexity index is 1260. The molecule has 0 fully saturated rings. The van der Waals surface area contributed by atoms with E-state index in [0.717, 1.165) is 28.2 Å². The maximum Gasteiger partial charge on any atom is 0.248 e. The quantitative estimate of drug-likeness (QED) is 0.517. The van der Waals surface area contributed by atoms with Crippen LogP contribution in [0.2, 0.25) is 0 Å². The maximum absolute atomic E-state index is 14.2. The average molecular weight is 401 g/mol. The lowest BCUT2D eigenvalue weighted by atomic mass is 10.1. The van der Waals surface area contributed by atoms with Crippen molar-refractivity contribution in [2.24, 2.45) is 5.73 Å². The third kappa shape index (κ3) is 3.67. The summed E-state index contributed by atoms with van der Waals surface area (Å²) in [4.78, 5) is 24.3. The van der Waals surface area contributed by atoms with Crippen LogP contribution in [0.1, 0.15) is 15.9 Å². The van der Waals surface area contributed by atoms with Gasteiger partial charge in [0.25, 0.3) is 0 Å². The van der Waals surface area contributed by atoms with Gasteiger partial charge < -0.3 is 15.6 Å². The summed E-state index contributed by atoms with van der Waals surface area (Å²) in [5, 5.41) is 3.74. The van der Waals surface area contributed by atoms with Gasteiger partial charge in [0.2, 0.25) is 11.8 Å². The zero-order valence-corrected chi connectivity index (χ0v) is 16.4. The zero-order chi connectivity index (χ0) is 21.3. The Balaban J connectivity index is 1.70. The number of halogens is 1. The first-order valence-electron chi connectivity index (χ1n) is 9.47. The van der Waals surface area contributed by atoms with Crippen molar-refractivity contribution in [3.05, 3.63) is 89.7 Å². The minimum absolute atomic E-state index is 0.00443. The van der Waals surface area contributed by atoms with Crippen LogP contribution in [0, 0.1) is 12.7 Å². The van der Waals surface area contributed by atoms with Crippen molar-refractivity contribution in [2.75, 3.05) is 5.32 Å². The van der Waals surface area contributed by atoms with Crippen LogP contribution >= 0.6 is 0 Å². The zero-order valence-electron chi connectivity index (χ0n) is 16.4. The minimum Gasteiger partial charge on any atom is -0.366 e. The topological polar surface area (TPSA) is 77.1 Å². The second kappa shape index (κ2) is 7.83. The molecular formula is C24H20FN3O2. The second-order valence-corrected chi connectivity index (χ2v) is 7.08. The summed E-state index contributed by atoms with van der Waals surface area (Å²) < 4.78 is 16.1. The molecule has 0 aliphatic heterocycles. The largest absolute Gasteiger partial charge is 0.366 e. The number of benzene rings is 3. The third-order valence-corrected chi connectivity index (χ3v) is 5.08. The molecule has 30 heavy (non-hydrogen) atoms. The van der Waals surface area contributed by atoms with Gasteiger partial charge in [-0.05, 0) is 36.8 Å². The van der Waals surface area contributed by atoms with E-state index in [9.17, 15) is 14.0 Å². The van der Waals surface area contributed by atoms with E-state index in [0.29, 0.717) is 0 Å². The van der Waals surface area contributed by atoms with Crippen LogP contribution in [0.4, 0.5) is 10.1 Å². The molecule has 1 aromatic heterocycles. The lowest BCUT2D eigenvalue weighted by Crippen LogP contribution is -2.21. The van der Waals surface area contributed by atoms with Crippen LogP contribution in [0.15, 0.2) is 72.8 Å². The molecule has 0 aliphatic carbocycles. The first kappa shape index (κ1) is 19.4. The number of nitrogens with zero attached hydrogens (tertiary/aromatic N) is 1. The molecule has 5 nitrogen and oxygen atoms in total. The molecule has 4 aromatic rings. The summed E-state index contributed by atoms with van der Waals surface area (Å²) in [5.74, 6) is -1.69. The van der Waals surface area contributed by atoms with Crippen molar-refractivity contribution < 1.29 is 14.0 Å². The van der Waals surface area contributed by atoms with Crippen molar-refractivity contribution in [3.8, 4) is 11.3 Å². The van der Waals surface area contributed by atoms with Crippen LogP contribution < -0.4 is 11.1 Å². The molecule has 0 spiro atoms. The molecule has 2 amide bonds. The third-order valence-electron chi connectivity index (χ3n) is 5.08. The highest BCUT2D eigenvalue weighted by Crippen LogP contribution is 2.28. The molecule has 6 heteroatoms.